The van der Waals surface area contributed by atoms with E-state index >= 15 is 0 Å². The summed E-state index contributed by atoms with van der Waals surface area (Å²) < 4.78 is 0. The molecule has 0 fully saturated rings. The Hall–Kier alpha value is -0.830. The first kappa shape index (κ1) is 11.2. The van der Waals surface area contributed by atoms with Crippen molar-refractivity contribution in [2.24, 2.45) is 0 Å². The Morgan fingerprint density at radius 3 is 2.29 bits per heavy atom. The van der Waals surface area contributed by atoms with Crippen LogP contribution in [0.1, 0.15) is 26.7 Å². The van der Waals surface area contributed by atoms with Gasteiger partial charge in [-0.1, -0.05) is 13.8 Å². The molecule has 0 aliphatic rings. The number of anilines is 1. The molecule has 1 heterocycles. The van der Waals surface area contributed by atoms with Crippen molar-refractivity contribution in [1.29, 1.82) is 0 Å². The van der Waals surface area contributed by atoms with E-state index in [1.165, 1.54) is 0 Å². The highest BCUT2D eigenvalue weighted by molar-refractivity contribution is 6.18. The van der Waals surface area contributed by atoms with Crippen LogP contribution in [0.15, 0.2) is 18.5 Å². The van der Waals surface area contributed by atoms with Gasteiger partial charge >= 0.3 is 0 Å². The minimum absolute atomic E-state index is 0.0804. The molecule has 0 aliphatic heterocycles. The quantitative estimate of drug-likeness (QED) is 0.765. The predicted molar refractivity (Wildman–Crippen MR) is 59.7 cm³/mol. The molecule has 4 heteroatoms. The molecular weight excluding hydrogens is 198 g/mol. The average Bonchev–Trinajstić information content (AvgIpc) is 2.28. The van der Waals surface area contributed by atoms with Crippen molar-refractivity contribution in [3.63, 3.8) is 0 Å². The standard InChI is InChI=1S/C10H16ClN3/c1-3-10(4-2,8-11)14-9-12-6-5-7-13-9/h5-7H,3-4,8H2,1-2H3,(H,12,13,14). The van der Waals surface area contributed by atoms with Gasteiger partial charge in [-0.15, -0.1) is 11.6 Å². The van der Waals surface area contributed by atoms with Crippen molar-refractivity contribution >= 4 is 17.5 Å². The molecule has 0 unspecified atom stereocenters. The van der Waals surface area contributed by atoms with Crippen molar-refractivity contribution in [3.8, 4) is 0 Å². The first-order valence-electron chi connectivity index (χ1n) is 4.87. The molecule has 0 saturated carbocycles. The van der Waals surface area contributed by atoms with Gasteiger partial charge in [-0.05, 0) is 18.9 Å². The van der Waals surface area contributed by atoms with E-state index in [4.69, 9.17) is 11.6 Å². The van der Waals surface area contributed by atoms with Gasteiger partial charge in [-0.25, -0.2) is 9.97 Å². The summed E-state index contributed by atoms with van der Waals surface area (Å²) in [4.78, 5) is 8.25. The smallest absolute Gasteiger partial charge is 0.223 e. The van der Waals surface area contributed by atoms with Gasteiger partial charge in [0.05, 0.1) is 5.54 Å². The molecule has 0 aliphatic carbocycles. The summed E-state index contributed by atoms with van der Waals surface area (Å²) in [6.07, 6.45) is 5.37. The van der Waals surface area contributed by atoms with Gasteiger partial charge in [-0.3, -0.25) is 0 Å². The molecular formula is C10H16ClN3. The topological polar surface area (TPSA) is 37.8 Å². The number of nitrogens with zero attached hydrogens (tertiary/aromatic N) is 2. The largest absolute Gasteiger partial charge is 0.348 e. The molecule has 3 nitrogen and oxygen atoms in total. The van der Waals surface area contributed by atoms with E-state index in [-0.39, 0.29) is 5.54 Å². The SMILES string of the molecule is CCC(CC)(CCl)Nc1ncccn1. The summed E-state index contributed by atoms with van der Waals surface area (Å²) in [5, 5.41) is 3.29. The molecule has 0 bridgehead atoms. The highest BCUT2D eigenvalue weighted by Crippen LogP contribution is 2.21. The molecule has 0 radical (unpaired) electrons. The van der Waals surface area contributed by atoms with Crippen LogP contribution in [0.25, 0.3) is 0 Å². The minimum atomic E-state index is -0.0804. The summed E-state index contributed by atoms with van der Waals surface area (Å²) in [5.74, 6) is 1.22. The van der Waals surface area contributed by atoms with Crippen LogP contribution in [-0.2, 0) is 0 Å². The van der Waals surface area contributed by atoms with E-state index in [1.54, 1.807) is 18.5 Å². The lowest BCUT2D eigenvalue weighted by Gasteiger charge is -2.30. The summed E-state index contributed by atoms with van der Waals surface area (Å²) in [7, 11) is 0. The fourth-order valence-electron chi connectivity index (χ4n) is 1.25. The van der Waals surface area contributed by atoms with E-state index in [1.807, 2.05) is 0 Å². The van der Waals surface area contributed by atoms with Crippen LogP contribution in [0.5, 0.6) is 0 Å². The van der Waals surface area contributed by atoms with Crippen LogP contribution >= 0.6 is 11.6 Å². The maximum atomic E-state index is 5.96. The number of hydrogen-bond acceptors (Lipinski definition) is 3. The van der Waals surface area contributed by atoms with Crippen molar-refractivity contribution in [1.82, 2.24) is 9.97 Å². The normalized spacial score (nSPS) is 11.4. The first-order chi connectivity index (χ1) is 6.76. The van der Waals surface area contributed by atoms with Crippen molar-refractivity contribution < 1.29 is 0 Å². The van der Waals surface area contributed by atoms with Crippen LogP contribution in [0.3, 0.4) is 0 Å². The van der Waals surface area contributed by atoms with E-state index in [0.717, 1.165) is 12.8 Å². The zero-order chi connectivity index (χ0) is 10.4. The third kappa shape index (κ3) is 2.58. The Kier molecular flexibility index (Phi) is 4.14. The fourth-order valence-corrected chi connectivity index (χ4v) is 1.69. The Morgan fingerprint density at radius 2 is 1.86 bits per heavy atom. The highest BCUT2D eigenvalue weighted by Gasteiger charge is 2.25. The number of hydrogen-bond donors (Lipinski definition) is 1. The number of alkyl halides is 1. The summed E-state index contributed by atoms with van der Waals surface area (Å²) in [6, 6.07) is 1.80. The van der Waals surface area contributed by atoms with Crippen LogP contribution in [0.2, 0.25) is 0 Å². The monoisotopic (exact) mass is 213 g/mol. The molecule has 1 N–H and O–H groups in total. The van der Waals surface area contributed by atoms with Crippen molar-refractivity contribution in [3.05, 3.63) is 18.5 Å². The summed E-state index contributed by atoms with van der Waals surface area (Å²) >= 11 is 5.96. The molecule has 0 spiro atoms. The third-order valence-corrected chi connectivity index (χ3v) is 3.06. The maximum absolute atomic E-state index is 5.96. The molecule has 1 aromatic heterocycles. The number of rotatable bonds is 5. The van der Waals surface area contributed by atoms with Crippen LogP contribution in [-0.4, -0.2) is 21.4 Å². The number of aromatic nitrogens is 2. The van der Waals surface area contributed by atoms with Crippen molar-refractivity contribution in [2.45, 2.75) is 32.2 Å². The van der Waals surface area contributed by atoms with Gasteiger partial charge < -0.3 is 5.32 Å². The molecule has 0 saturated heterocycles. The van der Waals surface area contributed by atoms with Gasteiger partial charge in [0.1, 0.15) is 0 Å². The van der Waals surface area contributed by atoms with E-state index in [2.05, 4.69) is 29.1 Å². The van der Waals surface area contributed by atoms with Gasteiger partial charge in [-0.2, -0.15) is 0 Å². The fraction of sp³-hybridized carbons (Fsp3) is 0.600. The zero-order valence-corrected chi connectivity index (χ0v) is 9.38. The van der Waals surface area contributed by atoms with Gasteiger partial charge in [0.2, 0.25) is 5.95 Å². The lowest BCUT2D eigenvalue weighted by molar-refractivity contribution is 0.480. The third-order valence-electron chi connectivity index (χ3n) is 2.55. The summed E-state index contributed by atoms with van der Waals surface area (Å²) in [6.45, 7) is 4.23. The second-order valence-corrected chi connectivity index (χ2v) is 3.59. The van der Waals surface area contributed by atoms with Gasteiger partial charge in [0.15, 0.2) is 0 Å². The van der Waals surface area contributed by atoms with Crippen LogP contribution < -0.4 is 5.32 Å². The molecule has 14 heavy (non-hydrogen) atoms. The number of halogens is 1. The molecule has 78 valence electrons. The summed E-state index contributed by atoms with van der Waals surface area (Å²) in [5.41, 5.74) is -0.0804. The number of nitrogens with one attached hydrogen (secondary N) is 1. The Bertz CT molecular complexity index is 251. The maximum Gasteiger partial charge on any atom is 0.223 e. The van der Waals surface area contributed by atoms with E-state index < -0.39 is 0 Å². The van der Waals surface area contributed by atoms with Crippen molar-refractivity contribution in [2.75, 3.05) is 11.2 Å². The first-order valence-corrected chi connectivity index (χ1v) is 5.41. The second-order valence-electron chi connectivity index (χ2n) is 3.32. The lowest BCUT2D eigenvalue weighted by Crippen LogP contribution is -2.39. The van der Waals surface area contributed by atoms with Gasteiger partial charge in [0, 0.05) is 18.3 Å². The average molecular weight is 214 g/mol. The van der Waals surface area contributed by atoms with Crippen LogP contribution in [0, 0.1) is 0 Å². The lowest BCUT2D eigenvalue weighted by atomic mass is 9.95. The molecule has 0 atom stereocenters. The second kappa shape index (κ2) is 5.15. The molecule has 0 aromatic carbocycles. The molecule has 1 rings (SSSR count). The molecule has 1 aromatic rings. The minimum Gasteiger partial charge on any atom is -0.348 e. The zero-order valence-electron chi connectivity index (χ0n) is 8.63. The predicted octanol–water partition coefficient (Wildman–Crippen LogP) is 2.69. The Labute approximate surface area is 89.9 Å². The van der Waals surface area contributed by atoms with E-state index in [0.29, 0.717) is 11.8 Å². The van der Waals surface area contributed by atoms with Gasteiger partial charge in [0.25, 0.3) is 0 Å². The van der Waals surface area contributed by atoms with Crippen LogP contribution in [0.4, 0.5) is 5.95 Å². The van der Waals surface area contributed by atoms with E-state index in [9.17, 15) is 0 Å². The highest BCUT2D eigenvalue weighted by atomic mass is 35.5. The molecule has 0 amide bonds. The Balaban J connectivity index is 2.74. The Morgan fingerprint density at radius 1 is 1.29 bits per heavy atom.